The largest absolute Gasteiger partial charge is 0.481 e. The van der Waals surface area contributed by atoms with E-state index in [0.717, 1.165) is 13.0 Å². The summed E-state index contributed by atoms with van der Waals surface area (Å²) in [5.41, 5.74) is 5.62. The zero-order valence-corrected chi connectivity index (χ0v) is 8.66. The van der Waals surface area contributed by atoms with Crippen LogP contribution in [0.1, 0.15) is 26.7 Å². The minimum absolute atomic E-state index is 0.0614. The van der Waals surface area contributed by atoms with Gasteiger partial charge < -0.3 is 15.7 Å². The van der Waals surface area contributed by atoms with Crippen LogP contribution in [0.15, 0.2) is 0 Å². The van der Waals surface area contributed by atoms with Gasteiger partial charge in [-0.3, -0.25) is 4.79 Å². The monoisotopic (exact) mass is 188 g/mol. The average Bonchev–Trinajstić information content (AvgIpc) is 1.98. The molecule has 0 aromatic rings. The van der Waals surface area contributed by atoms with Crippen molar-refractivity contribution >= 4 is 5.97 Å². The van der Waals surface area contributed by atoms with Crippen molar-refractivity contribution in [1.29, 1.82) is 0 Å². The van der Waals surface area contributed by atoms with Gasteiger partial charge in [-0.2, -0.15) is 0 Å². The molecule has 0 saturated carbocycles. The second-order valence-electron chi connectivity index (χ2n) is 3.72. The highest BCUT2D eigenvalue weighted by atomic mass is 16.4. The van der Waals surface area contributed by atoms with E-state index in [0.29, 0.717) is 6.04 Å². The van der Waals surface area contributed by atoms with Crippen molar-refractivity contribution in [2.75, 3.05) is 13.6 Å². The molecule has 3 N–H and O–H groups in total. The van der Waals surface area contributed by atoms with Gasteiger partial charge in [-0.25, -0.2) is 0 Å². The number of hydrogen-bond acceptors (Lipinski definition) is 3. The van der Waals surface area contributed by atoms with E-state index in [4.69, 9.17) is 10.8 Å². The summed E-state index contributed by atoms with van der Waals surface area (Å²) in [7, 11) is 2.01. The van der Waals surface area contributed by atoms with Crippen LogP contribution in [-0.4, -0.2) is 41.7 Å². The van der Waals surface area contributed by atoms with Crippen molar-refractivity contribution in [2.24, 2.45) is 5.73 Å². The smallest absolute Gasteiger partial charge is 0.304 e. The van der Waals surface area contributed by atoms with E-state index < -0.39 is 5.97 Å². The maximum atomic E-state index is 10.3. The van der Waals surface area contributed by atoms with Gasteiger partial charge >= 0.3 is 5.97 Å². The highest BCUT2D eigenvalue weighted by molar-refractivity contribution is 5.67. The first kappa shape index (κ1) is 12.4. The fourth-order valence-electron chi connectivity index (χ4n) is 0.954. The van der Waals surface area contributed by atoms with E-state index in [9.17, 15) is 4.79 Å². The first-order chi connectivity index (χ1) is 5.93. The van der Waals surface area contributed by atoms with E-state index in [-0.39, 0.29) is 12.5 Å². The topological polar surface area (TPSA) is 66.6 Å². The van der Waals surface area contributed by atoms with Gasteiger partial charge in [0.2, 0.25) is 0 Å². The molecular weight excluding hydrogens is 168 g/mol. The fraction of sp³-hybridized carbons (Fsp3) is 0.889. The predicted octanol–water partition coefficient (Wildman–Crippen LogP) is 0.519. The number of nitrogens with two attached hydrogens (primary N) is 1. The molecule has 0 spiro atoms. The van der Waals surface area contributed by atoms with Gasteiger partial charge in [0.05, 0.1) is 6.42 Å². The summed E-state index contributed by atoms with van der Waals surface area (Å²) in [5, 5.41) is 8.46. The highest BCUT2D eigenvalue weighted by Gasteiger charge is 2.10. The lowest BCUT2D eigenvalue weighted by atomic mass is 10.1. The van der Waals surface area contributed by atoms with Crippen LogP contribution in [0.2, 0.25) is 0 Å². The van der Waals surface area contributed by atoms with E-state index in [1.54, 1.807) is 0 Å². The number of rotatable bonds is 6. The summed E-state index contributed by atoms with van der Waals surface area (Å²) in [6, 6.07) is 0.260. The molecule has 0 aliphatic heterocycles. The summed E-state index contributed by atoms with van der Waals surface area (Å²) >= 11 is 0. The third kappa shape index (κ3) is 6.54. The Balaban J connectivity index is 3.57. The van der Waals surface area contributed by atoms with Crippen molar-refractivity contribution in [3.8, 4) is 0 Å². The van der Waals surface area contributed by atoms with Crippen molar-refractivity contribution in [3.05, 3.63) is 0 Å². The molecule has 0 aliphatic carbocycles. The first-order valence-corrected chi connectivity index (χ1v) is 4.61. The van der Waals surface area contributed by atoms with Crippen molar-refractivity contribution in [1.82, 2.24) is 4.90 Å². The minimum Gasteiger partial charge on any atom is -0.481 e. The molecule has 0 amide bonds. The molecule has 4 nitrogen and oxygen atoms in total. The van der Waals surface area contributed by atoms with Crippen molar-refractivity contribution in [3.63, 3.8) is 0 Å². The lowest BCUT2D eigenvalue weighted by Gasteiger charge is -2.22. The zero-order valence-electron chi connectivity index (χ0n) is 8.66. The maximum Gasteiger partial charge on any atom is 0.304 e. The maximum absolute atomic E-state index is 10.3. The molecule has 4 heteroatoms. The molecule has 0 aromatic heterocycles. The van der Waals surface area contributed by atoms with Crippen LogP contribution in [0.5, 0.6) is 0 Å². The van der Waals surface area contributed by atoms with Gasteiger partial charge in [-0.1, -0.05) is 0 Å². The van der Waals surface area contributed by atoms with Gasteiger partial charge in [-0.05, 0) is 33.9 Å². The molecule has 0 aliphatic rings. The summed E-state index contributed by atoms with van der Waals surface area (Å²) in [5.74, 6) is -0.820. The lowest BCUT2D eigenvalue weighted by molar-refractivity contribution is -0.137. The quantitative estimate of drug-likeness (QED) is 0.637. The summed E-state index contributed by atoms with van der Waals surface area (Å²) in [6.45, 7) is 5.05. The van der Waals surface area contributed by atoms with E-state index in [1.165, 1.54) is 0 Å². The highest BCUT2D eigenvalue weighted by Crippen LogP contribution is 2.00. The molecule has 0 rings (SSSR count). The van der Waals surface area contributed by atoms with Crippen LogP contribution in [0, 0.1) is 0 Å². The number of aliphatic carboxylic acids is 1. The Morgan fingerprint density at radius 1 is 1.54 bits per heavy atom. The third-order valence-corrected chi connectivity index (χ3v) is 2.17. The normalized spacial score (nSPS) is 13.7. The molecule has 78 valence electrons. The molecule has 0 radical (unpaired) electrons. The average molecular weight is 188 g/mol. The Morgan fingerprint density at radius 2 is 2.08 bits per heavy atom. The van der Waals surface area contributed by atoms with E-state index in [2.05, 4.69) is 18.7 Å². The van der Waals surface area contributed by atoms with Crippen LogP contribution in [0.4, 0.5) is 0 Å². The van der Waals surface area contributed by atoms with Crippen LogP contribution in [0.3, 0.4) is 0 Å². The van der Waals surface area contributed by atoms with Gasteiger partial charge in [0.15, 0.2) is 0 Å². The molecule has 1 atom stereocenters. The van der Waals surface area contributed by atoms with Crippen molar-refractivity contribution < 1.29 is 9.90 Å². The fourth-order valence-corrected chi connectivity index (χ4v) is 0.954. The first-order valence-electron chi connectivity index (χ1n) is 4.61. The Labute approximate surface area is 79.7 Å². The lowest BCUT2D eigenvalue weighted by Crippen LogP contribution is -2.33. The SMILES string of the molecule is CC(C)N(C)CCC(N)CC(=O)O. The molecule has 0 aromatic carbocycles. The van der Waals surface area contributed by atoms with Crippen LogP contribution < -0.4 is 5.73 Å². The van der Waals surface area contributed by atoms with E-state index in [1.807, 2.05) is 7.05 Å². The predicted molar refractivity (Wildman–Crippen MR) is 52.6 cm³/mol. The summed E-state index contributed by atoms with van der Waals surface area (Å²) in [6.07, 6.45) is 0.799. The second kappa shape index (κ2) is 5.94. The number of hydrogen-bond donors (Lipinski definition) is 2. The van der Waals surface area contributed by atoms with Crippen LogP contribution in [-0.2, 0) is 4.79 Å². The molecule has 13 heavy (non-hydrogen) atoms. The van der Waals surface area contributed by atoms with Gasteiger partial charge in [0.1, 0.15) is 0 Å². The second-order valence-corrected chi connectivity index (χ2v) is 3.72. The summed E-state index contributed by atoms with van der Waals surface area (Å²) < 4.78 is 0. The minimum atomic E-state index is -0.820. The number of nitrogens with zero attached hydrogens (tertiary/aromatic N) is 1. The molecule has 0 bridgehead atoms. The molecule has 0 saturated heterocycles. The van der Waals surface area contributed by atoms with Crippen LogP contribution >= 0.6 is 0 Å². The molecular formula is C9H20N2O2. The van der Waals surface area contributed by atoms with Gasteiger partial charge in [-0.15, -0.1) is 0 Å². The van der Waals surface area contributed by atoms with E-state index >= 15 is 0 Å². The zero-order chi connectivity index (χ0) is 10.4. The molecule has 0 fully saturated rings. The Kier molecular flexibility index (Phi) is 5.66. The number of carboxylic acid groups (broad SMARTS) is 1. The standard InChI is InChI=1S/C9H20N2O2/c1-7(2)11(3)5-4-8(10)6-9(12)13/h7-8H,4-6,10H2,1-3H3,(H,12,13). The van der Waals surface area contributed by atoms with Gasteiger partial charge in [0, 0.05) is 12.1 Å². The molecule has 0 heterocycles. The number of carboxylic acids is 1. The Morgan fingerprint density at radius 3 is 2.46 bits per heavy atom. The van der Waals surface area contributed by atoms with Crippen LogP contribution in [0.25, 0.3) is 0 Å². The Hall–Kier alpha value is -0.610. The Bertz CT molecular complexity index is 160. The van der Waals surface area contributed by atoms with Crippen molar-refractivity contribution in [2.45, 2.75) is 38.8 Å². The number of carbonyl (C=O) groups is 1. The summed E-state index contributed by atoms with van der Waals surface area (Å²) in [4.78, 5) is 12.4. The third-order valence-electron chi connectivity index (χ3n) is 2.17. The van der Waals surface area contributed by atoms with Gasteiger partial charge in [0.25, 0.3) is 0 Å². The molecule has 1 unspecified atom stereocenters.